The molecular formula is C26H22N6O4. The van der Waals surface area contributed by atoms with E-state index in [1.165, 1.54) is 9.91 Å². The van der Waals surface area contributed by atoms with Gasteiger partial charge >= 0.3 is 0 Å². The first-order valence-electron chi connectivity index (χ1n) is 11.2. The average molecular weight is 483 g/mol. The van der Waals surface area contributed by atoms with Gasteiger partial charge in [-0.3, -0.25) is 29.1 Å². The van der Waals surface area contributed by atoms with Crippen LogP contribution in [0.1, 0.15) is 16.8 Å². The first-order valence-corrected chi connectivity index (χ1v) is 11.2. The zero-order valence-corrected chi connectivity index (χ0v) is 19.0. The Hall–Kier alpha value is -4.99. The van der Waals surface area contributed by atoms with Gasteiger partial charge in [-0.25, -0.2) is 0 Å². The van der Waals surface area contributed by atoms with Crippen molar-refractivity contribution in [3.63, 3.8) is 0 Å². The minimum Gasteiger partial charge on any atom is -0.368 e. The van der Waals surface area contributed by atoms with E-state index in [4.69, 9.17) is 5.73 Å². The van der Waals surface area contributed by atoms with Crippen LogP contribution < -0.4 is 26.3 Å². The van der Waals surface area contributed by atoms with E-state index in [0.717, 1.165) is 0 Å². The second-order valence-corrected chi connectivity index (χ2v) is 8.34. The van der Waals surface area contributed by atoms with E-state index in [2.05, 4.69) is 15.7 Å². The van der Waals surface area contributed by atoms with Crippen molar-refractivity contribution in [2.24, 2.45) is 10.8 Å². The molecule has 0 aliphatic carbocycles. The van der Waals surface area contributed by atoms with E-state index in [-0.39, 0.29) is 30.5 Å². The number of fused-ring (bicyclic) bond motifs is 1. The number of carbonyl (C=O) groups is 4. The third kappa shape index (κ3) is 4.39. The van der Waals surface area contributed by atoms with Gasteiger partial charge in [0, 0.05) is 17.7 Å². The number of amides is 4. The first kappa shape index (κ1) is 22.8. The Kier molecular flexibility index (Phi) is 5.91. The Morgan fingerprint density at radius 1 is 0.944 bits per heavy atom. The normalized spacial score (nSPS) is 16.6. The molecule has 0 radical (unpaired) electrons. The highest BCUT2D eigenvalue weighted by Gasteiger charge is 2.35. The van der Waals surface area contributed by atoms with Crippen LogP contribution in [0.3, 0.4) is 0 Å². The zero-order valence-electron chi connectivity index (χ0n) is 19.0. The maximum atomic E-state index is 13.1. The molecule has 3 aromatic carbocycles. The molecule has 1 unspecified atom stereocenters. The summed E-state index contributed by atoms with van der Waals surface area (Å²) in [7, 11) is 0. The number of nitrogens with one attached hydrogen (secondary N) is 2. The van der Waals surface area contributed by atoms with Gasteiger partial charge in [-0.1, -0.05) is 30.3 Å². The number of primary amides is 1. The van der Waals surface area contributed by atoms with Crippen molar-refractivity contribution in [2.75, 3.05) is 27.1 Å². The fraction of sp³-hybridized carbons (Fsp3) is 0.115. The van der Waals surface area contributed by atoms with Crippen LogP contribution in [0.25, 0.3) is 0 Å². The molecule has 2 heterocycles. The molecule has 180 valence electrons. The standard InChI is InChI=1S/C26H22N6O4/c27-24(34)22-14-20(30-32(22)18-6-2-1-3-7-18)25(35)28-17-12-10-16(11-13-17)26(36)31-15-23(33)29-19-8-4-5-9-21(19)31/h1-13,22H,14-15H2,(H2,27,34)(H,28,35)(H,29,33). The quantitative estimate of drug-likeness (QED) is 0.513. The van der Waals surface area contributed by atoms with Crippen molar-refractivity contribution in [1.29, 1.82) is 0 Å². The molecule has 0 bridgehead atoms. The highest BCUT2D eigenvalue weighted by molar-refractivity contribution is 6.44. The van der Waals surface area contributed by atoms with Gasteiger partial charge in [0.1, 0.15) is 18.3 Å². The monoisotopic (exact) mass is 482 g/mol. The summed E-state index contributed by atoms with van der Waals surface area (Å²) in [5.41, 5.74) is 8.35. The second-order valence-electron chi connectivity index (χ2n) is 8.34. The van der Waals surface area contributed by atoms with Crippen molar-refractivity contribution >= 4 is 52.1 Å². The van der Waals surface area contributed by atoms with Crippen molar-refractivity contribution in [3.8, 4) is 0 Å². The average Bonchev–Trinajstić information content (AvgIpc) is 3.35. The van der Waals surface area contributed by atoms with Gasteiger partial charge in [-0.05, 0) is 48.5 Å². The fourth-order valence-electron chi connectivity index (χ4n) is 4.16. The van der Waals surface area contributed by atoms with Crippen LogP contribution in [0, 0.1) is 0 Å². The third-order valence-electron chi connectivity index (χ3n) is 5.93. The molecule has 4 N–H and O–H groups in total. The number of carbonyl (C=O) groups excluding carboxylic acids is 4. The van der Waals surface area contributed by atoms with Gasteiger partial charge in [-0.15, -0.1) is 0 Å². The van der Waals surface area contributed by atoms with Crippen LogP contribution >= 0.6 is 0 Å². The molecule has 0 aromatic heterocycles. The Morgan fingerprint density at radius 2 is 1.64 bits per heavy atom. The molecule has 36 heavy (non-hydrogen) atoms. The predicted octanol–water partition coefficient (Wildman–Crippen LogP) is 2.34. The van der Waals surface area contributed by atoms with Gasteiger partial charge in [0.2, 0.25) is 11.8 Å². The molecule has 4 amide bonds. The van der Waals surface area contributed by atoms with Gasteiger partial charge in [0.05, 0.1) is 17.1 Å². The molecule has 0 saturated carbocycles. The maximum absolute atomic E-state index is 13.1. The summed E-state index contributed by atoms with van der Waals surface area (Å²) in [4.78, 5) is 51.4. The lowest BCUT2D eigenvalue weighted by Gasteiger charge is -2.29. The molecule has 3 aromatic rings. The van der Waals surface area contributed by atoms with Crippen molar-refractivity contribution < 1.29 is 19.2 Å². The van der Waals surface area contributed by atoms with E-state index >= 15 is 0 Å². The summed E-state index contributed by atoms with van der Waals surface area (Å²) in [6, 6.07) is 21.7. The Morgan fingerprint density at radius 3 is 2.36 bits per heavy atom. The van der Waals surface area contributed by atoms with Gasteiger partial charge < -0.3 is 16.4 Å². The number of rotatable bonds is 5. The van der Waals surface area contributed by atoms with E-state index in [1.807, 2.05) is 6.07 Å². The number of hydrazone groups is 1. The molecule has 5 rings (SSSR count). The number of nitrogens with two attached hydrogens (primary N) is 1. The van der Waals surface area contributed by atoms with E-state index < -0.39 is 17.9 Å². The summed E-state index contributed by atoms with van der Waals surface area (Å²) < 4.78 is 0. The molecule has 2 aliphatic rings. The smallest absolute Gasteiger partial charge is 0.271 e. The number of hydrogen-bond acceptors (Lipinski definition) is 6. The lowest BCUT2D eigenvalue weighted by Crippen LogP contribution is -2.42. The molecule has 0 spiro atoms. The summed E-state index contributed by atoms with van der Waals surface area (Å²) in [6.07, 6.45) is 0.0725. The lowest BCUT2D eigenvalue weighted by molar-refractivity contribution is -0.119. The number of nitrogens with zero attached hydrogens (tertiary/aromatic N) is 3. The number of para-hydroxylation sites is 3. The molecule has 10 nitrogen and oxygen atoms in total. The fourth-order valence-corrected chi connectivity index (χ4v) is 4.16. The summed E-state index contributed by atoms with van der Waals surface area (Å²) in [5.74, 6) is -1.66. The van der Waals surface area contributed by atoms with Crippen LogP contribution in [0.4, 0.5) is 22.7 Å². The van der Waals surface area contributed by atoms with Gasteiger partial charge in [0.25, 0.3) is 11.8 Å². The van der Waals surface area contributed by atoms with Gasteiger partial charge in [0.15, 0.2) is 0 Å². The van der Waals surface area contributed by atoms with Crippen molar-refractivity contribution in [1.82, 2.24) is 0 Å². The number of hydrogen-bond donors (Lipinski definition) is 3. The van der Waals surface area contributed by atoms with Gasteiger partial charge in [-0.2, -0.15) is 5.10 Å². The lowest BCUT2D eigenvalue weighted by atomic mass is 10.1. The number of benzene rings is 3. The molecular weight excluding hydrogens is 460 g/mol. The topological polar surface area (TPSA) is 137 Å². The zero-order chi connectivity index (χ0) is 25.2. The van der Waals surface area contributed by atoms with E-state index in [9.17, 15) is 19.2 Å². The largest absolute Gasteiger partial charge is 0.368 e. The SMILES string of the molecule is NC(=O)C1CC(C(=O)Nc2ccc(C(=O)N3CC(=O)Nc4ccccc43)cc2)=NN1c1ccccc1. The van der Waals surface area contributed by atoms with Crippen LogP contribution in [-0.4, -0.2) is 41.9 Å². The van der Waals surface area contributed by atoms with Crippen LogP contribution in [0.15, 0.2) is 84.0 Å². The minimum absolute atomic E-state index is 0.0725. The minimum atomic E-state index is -0.766. The highest BCUT2D eigenvalue weighted by atomic mass is 16.2. The van der Waals surface area contributed by atoms with E-state index in [0.29, 0.717) is 28.3 Å². The van der Waals surface area contributed by atoms with Crippen LogP contribution in [0.2, 0.25) is 0 Å². The Labute approximate surface area is 206 Å². The van der Waals surface area contributed by atoms with E-state index in [1.54, 1.807) is 72.8 Å². The summed E-state index contributed by atoms with van der Waals surface area (Å²) in [6.45, 7) is -0.0902. The van der Waals surface area contributed by atoms with Crippen molar-refractivity contribution in [3.05, 3.63) is 84.4 Å². The summed E-state index contributed by atoms with van der Waals surface area (Å²) in [5, 5.41) is 11.3. The maximum Gasteiger partial charge on any atom is 0.271 e. The Balaban J connectivity index is 1.30. The molecule has 10 heteroatoms. The van der Waals surface area contributed by atoms with Crippen molar-refractivity contribution in [2.45, 2.75) is 12.5 Å². The first-order chi connectivity index (χ1) is 17.4. The second kappa shape index (κ2) is 9.34. The van der Waals surface area contributed by atoms with Crippen LogP contribution in [0.5, 0.6) is 0 Å². The number of anilines is 4. The summed E-state index contributed by atoms with van der Waals surface area (Å²) >= 11 is 0. The molecule has 1 atom stereocenters. The molecule has 0 saturated heterocycles. The predicted molar refractivity (Wildman–Crippen MR) is 136 cm³/mol. The molecule has 0 fully saturated rings. The Bertz CT molecular complexity index is 1390. The molecule has 2 aliphatic heterocycles. The van der Waals surface area contributed by atoms with Crippen LogP contribution in [-0.2, 0) is 14.4 Å². The third-order valence-corrected chi connectivity index (χ3v) is 5.93. The highest BCUT2D eigenvalue weighted by Crippen LogP contribution is 2.30.